The van der Waals surface area contributed by atoms with E-state index in [1.165, 1.54) is 0 Å². The van der Waals surface area contributed by atoms with Crippen molar-refractivity contribution in [3.63, 3.8) is 0 Å². The lowest BCUT2D eigenvalue weighted by Gasteiger charge is -2.24. The van der Waals surface area contributed by atoms with E-state index in [0.29, 0.717) is 12.2 Å². The van der Waals surface area contributed by atoms with Gasteiger partial charge in [-0.05, 0) is 85.7 Å². The van der Waals surface area contributed by atoms with Gasteiger partial charge in [0.25, 0.3) is 0 Å². The topological polar surface area (TPSA) is 76.2 Å². The summed E-state index contributed by atoms with van der Waals surface area (Å²) >= 11 is 3.63. The van der Waals surface area contributed by atoms with Crippen molar-refractivity contribution in [1.29, 1.82) is 0 Å². The number of halogens is 1. The first-order valence-corrected chi connectivity index (χ1v) is 13.3. The predicted molar refractivity (Wildman–Crippen MR) is 156 cm³/mol. The van der Waals surface area contributed by atoms with Crippen LogP contribution in [0.15, 0.2) is 89.8 Å². The quantitative estimate of drug-likeness (QED) is 0.210. The molecule has 38 heavy (non-hydrogen) atoms. The average molecular weight is 573 g/mol. The van der Waals surface area contributed by atoms with Crippen LogP contribution in [0.4, 0.5) is 4.79 Å². The molecule has 2 aromatic heterocycles. The van der Waals surface area contributed by atoms with Gasteiger partial charge in [0.05, 0.1) is 6.04 Å². The Kier molecular flexibility index (Phi) is 7.38. The summed E-state index contributed by atoms with van der Waals surface area (Å²) in [6, 6.07) is 22.1. The highest BCUT2D eigenvalue weighted by Gasteiger charge is 2.21. The Labute approximate surface area is 230 Å². The number of nitrogens with zero attached hydrogens (tertiary/aromatic N) is 1. The third kappa shape index (κ3) is 6.34. The highest BCUT2D eigenvalue weighted by molar-refractivity contribution is 9.10. The number of carbonyl (C=O) groups excluding carboxylic acids is 1. The summed E-state index contributed by atoms with van der Waals surface area (Å²) in [5.74, 6) is 0.708. The van der Waals surface area contributed by atoms with E-state index >= 15 is 0 Å². The first-order chi connectivity index (χ1) is 18.2. The van der Waals surface area contributed by atoms with E-state index in [0.717, 1.165) is 42.8 Å². The second-order valence-corrected chi connectivity index (χ2v) is 11.2. The van der Waals surface area contributed by atoms with E-state index in [1.54, 1.807) is 6.20 Å². The molecule has 0 unspecified atom stereocenters. The summed E-state index contributed by atoms with van der Waals surface area (Å²) in [6.45, 7) is 5.83. The first kappa shape index (κ1) is 25.8. The third-order valence-corrected chi connectivity index (χ3v) is 6.62. The number of hydrogen-bond donors (Lipinski definition) is 2. The number of aromatic amines is 1. The van der Waals surface area contributed by atoms with Crippen LogP contribution < -0.4 is 10.1 Å². The summed E-state index contributed by atoms with van der Waals surface area (Å²) in [7, 11) is 0. The number of para-hydroxylation sites is 1. The minimum Gasteiger partial charge on any atom is -0.491 e. The van der Waals surface area contributed by atoms with Crippen molar-refractivity contribution >= 4 is 43.7 Å². The molecule has 0 saturated carbocycles. The number of hydrogen-bond acceptors (Lipinski definition) is 4. The first-order valence-electron chi connectivity index (χ1n) is 12.6. The van der Waals surface area contributed by atoms with E-state index in [1.807, 2.05) is 69.6 Å². The summed E-state index contributed by atoms with van der Waals surface area (Å²) < 4.78 is 12.7. The van der Waals surface area contributed by atoms with Gasteiger partial charge < -0.3 is 19.8 Å². The van der Waals surface area contributed by atoms with Crippen molar-refractivity contribution in [1.82, 2.24) is 15.3 Å². The lowest BCUT2D eigenvalue weighted by molar-refractivity contribution is 0.0488. The molecular weight excluding hydrogens is 542 g/mol. The van der Waals surface area contributed by atoms with Crippen LogP contribution in [0.5, 0.6) is 5.75 Å². The number of pyridine rings is 1. The number of nitrogens with one attached hydrogen (secondary N) is 2. The second-order valence-electron chi connectivity index (χ2n) is 10.3. The molecule has 0 spiro atoms. The van der Waals surface area contributed by atoms with Crippen molar-refractivity contribution in [3.05, 3.63) is 95.4 Å². The predicted octanol–water partition coefficient (Wildman–Crippen LogP) is 7.66. The molecule has 0 radical (unpaired) electrons. The Balaban J connectivity index is 1.37. The van der Waals surface area contributed by atoms with E-state index in [2.05, 4.69) is 61.5 Å². The van der Waals surface area contributed by atoms with E-state index < -0.39 is 11.7 Å². The van der Waals surface area contributed by atoms with Gasteiger partial charge in [-0.1, -0.05) is 46.3 Å². The second kappa shape index (κ2) is 10.9. The Morgan fingerprint density at radius 1 is 1.03 bits per heavy atom. The Morgan fingerprint density at radius 2 is 1.87 bits per heavy atom. The number of alkyl carbamates (subject to hydrolysis) is 1. The number of amides is 1. The molecule has 0 aliphatic heterocycles. The zero-order valence-corrected chi connectivity index (χ0v) is 23.2. The Bertz CT molecular complexity index is 1590. The maximum absolute atomic E-state index is 12.7. The molecule has 0 aliphatic carbocycles. The fraction of sp³-hybridized carbons (Fsp3) is 0.226. The van der Waals surface area contributed by atoms with Crippen LogP contribution in [0.1, 0.15) is 26.3 Å². The van der Waals surface area contributed by atoms with Gasteiger partial charge in [0.1, 0.15) is 18.0 Å². The molecule has 0 fully saturated rings. The summed E-state index contributed by atoms with van der Waals surface area (Å²) in [4.78, 5) is 20.2. The Hall–Kier alpha value is -3.84. The fourth-order valence-electron chi connectivity index (χ4n) is 4.46. The van der Waals surface area contributed by atoms with Crippen LogP contribution in [-0.2, 0) is 11.2 Å². The maximum atomic E-state index is 12.7. The molecular formula is C31H30BrN3O3. The molecule has 6 nitrogen and oxygen atoms in total. The highest BCUT2D eigenvalue weighted by Crippen LogP contribution is 2.31. The van der Waals surface area contributed by atoms with Crippen molar-refractivity contribution in [2.45, 2.75) is 38.8 Å². The number of aromatic nitrogens is 2. The van der Waals surface area contributed by atoms with Crippen molar-refractivity contribution in [2.75, 3.05) is 6.61 Å². The van der Waals surface area contributed by atoms with Gasteiger partial charge in [-0.2, -0.15) is 0 Å². The lowest BCUT2D eigenvalue weighted by atomic mass is 10.0. The van der Waals surface area contributed by atoms with Gasteiger partial charge in [0, 0.05) is 39.4 Å². The van der Waals surface area contributed by atoms with Gasteiger partial charge in [0.2, 0.25) is 0 Å². The molecule has 0 aliphatic rings. The van der Waals surface area contributed by atoms with Gasteiger partial charge in [-0.25, -0.2) is 4.79 Å². The minimum atomic E-state index is -0.592. The number of carbonyl (C=O) groups is 1. The summed E-state index contributed by atoms with van der Waals surface area (Å²) in [6.07, 6.45) is 5.77. The molecule has 0 saturated heterocycles. The molecule has 7 heteroatoms. The van der Waals surface area contributed by atoms with Crippen LogP contribution in [0.2, 0.25) is 0 Å². The van der Waals surface area contributed by atoms with Crippen molar-refractivity contribution in [3.8, 4) is 16.9 Å². The molecule has 3 aromatic carbocycles. The van der Waals surface area contributed by atoms with Crippen LogP contribution in [0, 0.1) is 0 Å². The number of fused-ring (bicyclic) bond motifs is 2. The van der Waals surface area contributed by atoms with Crippen molar-refractivity contribution < 1.29 is 14.3 Å². The molecule has 5 aromatic rings. The van der Waals surface area contributed by atoms with Crippen LogP contribution >= 0.6 is 15.9 Å². The van der Waals surface area contributed by atoms with Gasteiger partial charge in [-0.15, -0.1) is 0 Å². The zero-order valence-electron chi connectivity index (χ0n) is 21.6. The standard InChI is InChI=1S/C31H30BrN3O3/c1-31(2,3)38-30(36)35-26(14-24-18-34-29-7-5-4-6-28(24)29)19-37-27-15-23(13-25(32)16-27)20-8-9-22-17-33-11-10-21(22)12-20/h4-13,15-18,26,34H,14,19H2,1-3H3,(H,35,36)/t26-/m0/s1. The zero-order chi connectivity index (χ0) is 26.7. The monoisotopic (exact) mass is 571 g/mol. The van der Waals surface area contributed by atoms with E-state index in [4.69, 9.17) is 9.47 Å². The van der Waals surface area contributed by atoms with Crippen molar-refractivity contribution in [2.24, 2.45) is 0 Å². The van der Waals surface area contributed by atoms with Crippen LogP contribution in [0.3, 0.4) is 0 Å². The molecule has 1 amide bonds. The highest BCUT2D eigenvalue weighted by atomic mass is 79.9. The van der Waals surface area contributed by atoms with Crippen LogP contribution in [0.25, 0.3) is 32.8 Å². The maximum Gasteiger partial charge on any atom is 0.408 e. The molecule has 2 N–H and O–H groups in total. The normalized spacial score (nSPS) is 12.4. The molecule has 5 rings (SSSR count). The number of H-pyrrole nitrogens is 1. The number of benzene rings is 3. The lowest BCUT2D eigenvalue weighted by Crippen LogP contribution is -2.43. The smallest absolute Gasteiger partial charge is 0.408 e. The average Bonchev–Trinajstić information content (AvgIpc) is 3.28. The largest absolute Gasteiger partial charge is 0.491 e. The summed E-state index contributed by atoms with van der Waals surface area (Å²) in [5, 5.41) is 6.35. The van der Waals surface area contributed by atoms with Crippen LogP contribution in [-0.4, -0.2) is 34.3 Å². The van der Waals surface area contributed by atoms with Gasteiger partial charge in [-0.3, -0.25) is 4.98 Å². The molecule has 1 atom stereocenters. The van der Waals surface area contributed by atoms with Gasteiger partial charge in [0.15, 0.2) is 0 Å². The molecule has 0 bridgehead atoms. The number of ether oxygens (including phenoxy) is 2. The molecule has 2 heterocycles. The Morgan fingerprint density at radius 3 is 2.71 bits per heavy atom. The minimum absolute atomic E-state index is 0.276. The van der Waals surface area contributed by atoms with E-state index in [-0.39, 0.29) is 12.6 Å². The SMILES string of the molecule is CC(C)(C)OC(=O)N[C@H](COc1cc(Br)cc(-c2ccc3cnccc3c2)c1)Cc1c[nH]c2ccccc12. The number of rotatable bonds is 7. The molecule has 194 valence electrons. The summed E-state index contributed by atoms with van der Waals surface area (Å²) in [5.41, 5.74) is 3.68. The van der Waals surface area contributed by atoms with Gasteiger partial charge >= 0.3 is 6.09 Å². The third-order valence-electron chi connectivity index (χ3n) is 6.16. The van der Waals surface area contributed by atoms with E-state index in [9.17, 15) is 4.79 Å². The fourth-order valence-corrected chi connectivity index (χ4v) is 4.94.